The van der Waals surface area contributed by atoms with Crippen molar-refractivity contribution in [1.29, 1.82) is 0 Å². The van der Waals surface area contributed by atoms with Crippen molar-refractivity contribution in [3.63, 3.8) is 0 Å². The number of alkyl halides is 3. The van der Waals surface area contributed by atoms with E-state index in [2.05, 4.69) is 15.1 Å². The fraction of sp³-hybridized carbons (Fsp3) is 0.294. The first-order valence-corrected chi connectivity index (χ1v) is 8.16. The van der Waals surface area contributed by atoms with Crippen molar-refractivity contribution in [3.05, 3.63) is 47.2 Å². The quantitative estimate of drug-likeness (QED) is 0.686. The van der Waals surface area contributed by atoms with Gasteiger partial charge < -0.3 is 9.42 Å². The van der Waals surface area contributed by atoms with Gasteiger partial charge in [0.1, 0.15) is 6.33 Å². The molecule has 7 nitrogen and oxygen atoms in total. The van der Waals surface area contributed by atoms with Gasteiger partial charge >= 0.3 is 6.18 Å². The van der Waals surface area contributed by atoms with Crippen LogP contribution >= 0.6 is 0 Å². The van der Waals surface area contributed by atoms with Gasteiger partial charge in [0.15, 0.2) is 11.5 Å². The van der Waals surface area contributed by atoms with E-state index in [9.17, 15) is 18.0 Å². The third kappa shape index (κ3) is 2.77. The summed E-state index contributed by atoms with van der Waals surface area (Å²) in [6.07, 6.45) is -2.51. The predicted molar refractivity (Wildman–Crippen MR) is 87.0 cm³/mol. The minimum Gasteiger partial charge on any atom is -0.336 e. The van der Waals surface area contributed by atoms with Gasteiger partial charge in [-0.3, -0.25) is 9.36 Å². The zero-order valence-electron chi connectivity index (χ0n) is 14.4. The number of benzene rings is 1. The third-order valence-corrected chi connectivity index (χ3v) is 4.40. The number of aryl methyl sites for hydroxylation is 1. The number of aromatic nitrogens is 4. The number of carbonyl (C=O) groups is 1. The average molecular weight is 377 g/mol. The summed E-state index contributed by atoms with van der Waals surface area (Å²) in [5, 5.41) is 3.84. The molecule has 1 aliphatic heterocycles. The lowest BCUT2D eigenvalue weighted by Gasteiger charge is -2.15. The highest BCUT2D eigenvalue weighted by Gasteiger charge is 2.34. The molecule has 0 saturated heterocycles. The van der Waals surface area contributed by atoms with Crippen molar-refractivity contribution in [3.8, 4) is 17.3 Å². The molecule has 0 N–H and O–H groups in total. The largest absolute Gasteiger partial charge is 0.416 e. The molecular formula is C17H14F3N5O2. The van der Waals surface area contributed by atoms with Gasteiger partial charge in [-0.2, -0.15) is 18.2 Å². The van der Waals surface area contributed by atoms with Crippen molar-refractivity contribution < 1.29 is 22.5 Å². The van der Waals surface area contributed by atoms with Crippen LogP contribution in [0.4, 0.5) is 13.2 Å². The van der Waals surface area contributed by atoms with Gasteiger partial charge in [0.25, 0.3) is 11.8 Å². The first-order chi connectivity index (χ1) is 12.8. The zero-order valence-corrected chi connectivity index (χ0v) is 14.4. The van der Waals surface area contributed by atoms with Crippen LogP contribution in [0.1, 0.15) is 34.4 Å². The van der Waals surface area contributed by atoms with E-state index in [1.807, 2.05) is 6.92 Å². The van der Waals surface area contributed by atoms with Crippen molar-refractivity contribution in [2.24, 2.45) is 0 Å². The third-order valence-electron chi connectivity index (χ3n) is 4.40. The summed E-state index contributed by atoms with van der Waals surface area (Å²) in [5.74, 6) is 0.211. The van der Waals surface area contributed by atoms with E-state index in [-0.39, 0.29) is 18.0 Å². The molecule has 27 heavy (non-hydrogen) atoms. The topological polar surface area (TPSA) is 77.0 Å². The molecule has 0 aliphatic carbocycles. The molecule has 0 bridgehead atoms. The average Bonchev–Trinajstić information content (AvgIpc) is 3.24. The minimum atomic E-state index is -4.54. The molecule has 2 aromatic heterocycles. The normalized spacial score (nSPS) is 14.1. The number of hydrogen-bond acceptors (Lipinski definition) is 5. The van der Waals surface area contributed by atoms with Crippen LogP contribution in [0.5, 0.6) is 0 Å². The second kappa shape index (κ2) is 5.93. The first-order valence-electron chi connectivity index (χ1n) is 8.16. The Hall–Kier alpha value is -3.17. The van der Waals surface area contributed by atoms with E-state index in [1.165, 1.54) is 24.3 Å². The van der Waals surface area contributed by atoms with E-state index in [0.717, 1.165) is 12.1 Å². The zero-order chi connectivity index (χ0) is 19.3. The molecule has 0 unspecified atom stereocenters. The fourth-order valence-electron chi connectivity index (χ4n) is 3.00. The Morgan fingerprint density at radius 3 is 2.74 bits per heavy atom. The molecule has 0 radical (unpaired) electrons. The van der Waals surface area contributed by atoms with Gasteiger partial charge in [0, 0.05) is 13.5 Å². The van der Waals surface area contributed by atoms with Crippen LogP contribution in [0.3, 0.4) is 0 Å². The van der Waals surface area contributed by atoms with E-state index < -0.39 is 17.6 Å². The van der Waals surface area contributed by atoms with Crippen LogP contribution in [-0.2, 0) is 19.1 Å². The van der Waals surface area contributed by atoms with Gasteiger partial charge in [-0.25, -0.2) is 4.98 Å². The lowest BCUT2D eigenvalue weighted by Crippen LogP contribution is -2.25. The molecular weight excluding hydrogens is 363 g/mol. The summed E-state index contributed by atoms with van der Waals surface area (Å²) in [5.41, 5.74) is 0.373. The lowest BCUT2D eigenvalue weighted by atomic mass is 10.1. The van der Waals surface area contributed by atoms with Crippen LogP contribution in [0.2, 0.25) is 0 Å². The van der Waals surface area contributed by atoms with Gasteiger partial charge in [-0.15, -0.1) is 0 Å². The molecule has 0 atom stereocenters. The highest BCUT2D eigenvalue weighted by atomic mass is 19.4. The van der Waals surface area contributed by atoms with Crippen molar-refractivity contribution in [2.45, 2.75) is 26.1 Å². The van der Waals surface area contributed by atoms with Crippen molar-refractivity contribution >= 4 is 5.91 Å². The molecule has 1 aliphatic rings. The van der Waals surface area contributed by atoms with E-state index in [4.69, 9.17) is 4.52 Å². The molecule has 10 heteroatoms. The molecule has 0 spiro atoms. The SMILES string of the molecule is CCc1noc(-c2ncn3c2CN(C)C(=O)c2cc(C(F)(F)F)ccc2-3)n1. The smallest absolute Gasteiger partial charge is 0.336 e. The van der Waals surface area contributed by atoms with E-state index in [1.54, 1.807) is 4.57 Å². The number of amides is 1. The number of carbonyl (C=O) groups excluding carboxylic acids is 1. The van der Waals surface area contributed by atoms with Crippen molar-refractivity contribution in [2.75, 3.05) is 7.05 Å². The Kier molecular flexibility index (Phi) is 3.79. The van der Waals surface area contributed by atoms with Gasteiger partial charge in [0.2, 0.25) is 0 Å². The van der Waals surface area contributed by atoms with E-state index >= 15 is 0 Å². The summed E-state index contributed by atoms with van der Waals surface area (Å²) in [6.45, 7) is 2.01. The van der Waals surface area contributed by atoms with Crippen LogP contribution < -0.4 is 0 Å². The van der Waals surface area contributed by atoms with Crippen LogP contribution in [0.15, 0.2) is 29.0 Å². The highest BCUT2D eigenvalue weighted by molar-refractivity contribution is 5.98. The van der Waals surface area contributed by atoms with Crippen LogP contribution in [0, 0.1) is 0 Å². The van der Waals surface area contributed by atoms with Gasteiger partial charge in [-0.1, -0.05) is 12.1 Å². The maximum Gasteiger partial charge on any atom is 0.416 e. The molecule has 1 amide bonds. The number of nitrogens with zero attached hydrogens (tertiary/aromatic N) is 5. The summed E-state index contributed by atoms with van der Waals surface area (Å²) in [7, 11) is 1.52. The predicted octanol–water partition coefficient (Wildman–Crippen LogP) is 3.09. The molecule has 140 valence electrons. The number of fused-ring (bicyclic) bond motifs is 3. The highest BCUT2D eigenvalue weighted by Crippen LogP contribution is 2.34. The Labute approximate surface area is 151 Å². The summed E-state index contributed by atoms with van der Waals surface area (Å²) in [6, 6.07) is 3.09. The second-order valence-electron chi connectivity index (χ2n) is 6.17. The number of halogens is 3. The fourth-order valence-corrected chi connectivity index (χ4v) is 3.00. The number of rotatable bonds is 2. The van der Waals surface area contributed by atoms with Crippen molar-refractivity contribution in [1.82, 2.24) is 24.6 Å². The van der Waals surface area contributed by atoms with Crippen LogP contribution in [0.25, 0.3) is 17.3 Å². The van der Waals surface area contributed by atoms with Crippen LogP contribution in [-0.4, -0.2) is 37.5 Å². The summed E-state index contributed by atoms with van der Waals surface area (Å²) < 4.78 is 46.0. The molecule has 3 heterocycles. The summed E-state index contributed by atoms with van der Waals surface area (Å²) in [4.78, 5) is 22.5. The Bertz CT molecular complexity index is 1040. The standard InChI is InChI=1S/C17H14F3N5O2/c1-3-13-22-15(27-23-13)14-12-7-24(2)16(26)10-6-9(17(18,19)20)4-5-11(10)25(12)8-21-14/h4-6,8H,3,7H2,1-2H3. The molecule has 1 aromatic carbocycles. The lowest BCUT2D eigenvalue weighted by molar-refractivity contribution is -0.137. The Morgan fingerprint density at radius 1 is 1.30 bits per heavy atom. The van der Waals surface area contributed by atoms with Gasteiger partial charge in [0.05, 0.1) is 29.1 Å². The van der Waals surface area contributed by atoms with E-state index in [0.29, 0.717) is 29.3 Å². The summed E-state index contributed by atoms with van der Waals surface area (Å²) >= 11 is 0. The monoisotopic (exact) mass is 377 g/mol. The maximum atomic E-state index is 13.1. The Morgan fingerprint density at radius 2 is 2.07 bits per heavy atom. The molecule has 0 saturated carbocycles. The first kappa shape index (κ1) is 17.3. The minimum absolute atomic E-state index is 0.0465. The Balaban J connectivity index is 1.90. The van der Waals surface area contributed by atoms with Gasteiger partial charge in [-0.05, 0) is 18.2 Å². The number of hydrogen-bond donors (Lipinski definition) is 0. The molecule has 3 aromatic rings. The number of imidazole rings is 1. The second-order valence-corrected chi connectivity index (χ2v) is 6.17. The molecule has 0 fully saturated rings. The molecule has 4 rings (SSSR count). The maximum absolute atomic E-state index is 13.1.